The lowest BCUT2D eigenvalue weighted by Gasteiger charge is -2.63. The van der Waals surface area contributed by atoms with Crippen molar-refractivity contribution in [3.05, 3.63) is 40.4 Å². The van der Waals surface area contributed by atoms with Crippen molar-refractivity contribution in [2.75, 3.05) is 6.01 Å². The van der Waals surface area contributed by atoms with E-state index in [9.17, 15) is 23.9 Å². The van der Waals surface area contributed by atoms with Gasteiger partial charge in [0.1, 0.15) is 12.2 Å². The number of thioether (sulfide) groups is 1. The van der Waals surface area contributed by atoms with Crippen molar-refractivity contribution in [3.63, 3.8) is 0 Å². The second-order valence-corrected chi connectivity index (χ2v) is 12.6. The zero-order chi connectivity index (χ0) is 27.0. The summed E-state index contributed by atoms with van der Waals surface area (Å²) in [4.78, 5) is 42.7. The van der Waals surface area contributed by atoms with Crippen LogP contribution in [0.25, 0.3) is 0 Å². The van der Waals surface area contributed by atoms with Crippen molar-refractivity contribution in [1.82, 2.24) is 4.98 Å². The predicted octanol–water partition coefficient (Wildman–Crippen LogP) is 4.79. The minimum Gasteiger partial charge on any atom is -0.444 e. The van der Waals surface area contributed by atoms with Gasteiger partial charge in [-0.25, -0.2) is 22.9 Å². The topological polar surface area (TPSA) is 93.6 Å². The maximum Gasteiger partial charge on any atom is 0.358 e. The molecule has 0 saturated heterocycles. The van der Waals surface area contributed by atoms with E-state index in [1.807, 2.05) is 0 Å². The van der Waals surface area contributed by atoms with E-state index in [0.29, 0.717) is 11.8 Å². The van der Waals surface area contributed by atoms with Crippen molar-refractivity contribution in [2.24, 2.45) is 28.6 Å². The van der Waals surface area contributed by atoms with Crippen LogP contribution >= 0.6 is 23.1 Å². The van der Waals surface area contributed by atoms with Crippen molar-refractivity contribution >= 4 is 40.0 Å². The molecule has 3 saturated carbocycles. The highest BCUT2D eigenvalue weighted by Gasteiger charge is 2.78. The fourth-order valence-electron chi connectivity index (χ4n) is 7.89. The maximum atomic E-state index is 17.4. The average molecular weight is 556 g/mol. The number of nitrogens with zero attached hydrogens (tertiary/aromatic N) is 1. The van der Waals surface area contributed by atoms with Crippen LogP contribution in [0.1, 0.15) is 50.5 Å². The minimum absolute atomic E-state index is 0.00210. The summed E-state index contributed by atoms with van der Waals surface area (Å²) in [5.74, 6) is -3.71. The first kappa shape index (κ1) is 26.6. The van der Waals surface area contributed by atoms with Crippen LogP contribution in [-0.2, 0) is 14.3 Å². The van der Waals surface area contributed by atoms with Crippen LogP contribution in [0.5, 0.6) is 0 Å². The van der Waals surface area contributed by atoms with Crippen molar-refractivity contribution in [1.29, 1.82) is 0 Å². The molecule has 1 heterocycles. The van der Waals surface area contributed by atoms with Crippen LogP contribution in [0, 0.1) is 28.6 Å². The van der Waals surface area contributed by atoms with Gasteiger partial charge in [-0.15, -0.1) is 11.3 Å². The Morgan fingerprint density at radius 3 is 2.68 bits per heavy atom. The standard InChI is InChI=1S/C26H28F3NO5S2/c1-13-6-15-16-8-18(28)17-7-14(31)4-5-23(17,2)25(16,29)20(32)9-24(15,3)26(13,22(34)37-11-27)35-21(33)19-10-36-12-30-19/h4-5,7,10,12-13,15-16,18,20,32H,6,8-9,11H2,1-3H3/t13-,15+,16+,18+,20+,23+,24+,25?,26+/m1/s1. The molecule has 9 atom stereocenters. The van der Waals surface area contributed by atoms with Crippen LogP contribution in [0.15, 0.2) is 34.7 Å². The summed E-state index contributed by atoms with van der Waals surface area (Å²) in [5.41, 5.74) is -5.71. The van der Waals surface area contributed by atoms with E-state index in [0.717, 1.165) is 17.4 Å². The van der Waals surface area contributed by atoms with Gasteiger partial charge >= 0.3 is 5.97 Å². The third-order valence-electron chi connectivity index (χ3n) is 9.55. The summed E-state index contributed by atoms with van der Waals surface area (Å²) >= 11 is 1.53. The fourth-order valence-corrected chi connectivity index (χ4v) is 9.20. The van der Waals surface area contributed by atoms with Crippen molar-refractivity contribution < 1.29 is 37.4 Å². The summed E-state index contributed by atoms with van der Waals surface area (Å²) in [7, 11) is 0. The van der Waals surface area contributed by atoms with Crippen molar-refractivity contribution in [2.45, 2.75) is 63.6 Å². The SMILES string of the molecule is C[C@@H]1C[C@H]2[C@@H]3C[C@H](F)C4=CC(=O)C=C[C@]4(C)C3(F)[C@@H](O)C[C@]2(C)[C@@]1(OC(=O)c1cscn1)C(=O)SCF. The Kier molecular flexibility index (Phi) is 6.31. The predicted molar refractivity (Wildman–Crippen MR) is 132 cm³/mol. The normalized spacial score (nSPS) is 44.5. The molecule has 200 valence electrons. The summed E-state index contributed by atoms with van der Waals surface area (Å²) in [6, 6.07) is -1.06. The van der Waals surface area contributed by atoms with Crippen LogP contribution in [-0.4, -0.2) is 56.5 Å². The molecule has 0 radical (unpaired) electrons. The molecule has 1 aromatic heterocycles. The first-order valence-electron chi connectivity index (χ1n) is 12.2. The number of carbonyl (C=O) groups excluding carboxylic acids is 3. The van der Waals surface area contributed by atoms with Crippen LogP contribution < -0.4 is 0 Å². The Hall–Kier alpha value is -1.98. The van der Waals surface area contributed by atoms with E-state index >= 15 is 8.78 Å². The zero-order valence-electron chi connectivity index (χ0n) is 20.6. The van der Waals surface area contributed by atoms with Gasteiger partial charge in [-0.3, -0.25) is 9.59 Å². The van der Waals surface area contributed by atoms with Crippen LogP contribution in [0.2, 0.25) is 0 Å². The van der Waals surface area contributed by atoms with Crippen LogP contribution in [0.3, 0.4) is 0 Å². The lowest BCUT2D eigenvalue weighted by molar-refractivity contribution is -0.221. The number of hydrogen-bond donors (Lipinski definition) is 1. The molecule has 0 bridgehead atoms. The van der Waals surface area contributed by atoms with Gasteiger partial charge in [-0.1, -0.05) is 19.9 Å². The number of thiazole rings is 1. The quantitative estimate of drug-likeness (QED) is 0.534. The monoisotopic (exact) mass is 555 g/mol. The number of allylic oxidation sites excluding steroid dienone is 4. The molecular weight excluding hydrogens is 527 g/mol. The minimum atomic E-state index is -2.34. The highest BCUT2D eigenvalue weighted by molar-refractivity contribution is 8.13. The second kappa shape index (κ2) is 8.77. The number of rotatable bonds is 4. The van der Waals surface area contributed by atoms with E-state index in [4.69, 9.17) is 4.74 Å². The molecule has 11 heteroatoms. The number of esters is 1. The van der Waals surface area contributed by atoms with Gasteiger partial charge < -0.3 is 9.84 Å². The van der Waals surface area contributed by atoms with E-state index in [-0.39, 0.29) is 30.5 Å². The Labute approximate surface area is 220 Å². The third kappa shape index (κ3) is 3.35. The molecule has 1 aromatic rings. The molecule has 37 heavy (non-hydrogen) atoms. The van der Waals surface area contributed by atoms with Gasteiger partial charge in [-0.05, 0) is 61.6 Å². The van der Waals surface area contributed by atoms with E-state index in [2.05, 4.69) is 4.98 Å². The number of fused-ring (bicyclic) bond motifs is 5. The lowest BCUT2D eigenvalue weighted by Crippen LogP contribution is -2.70. The van der Waals surface area contributed by atoms with Gasteiger partial charge in [0.05, 0.1) is 11.6 Å². The maximum absolute atomic E-state index is 17.4. The largest absolute Gasteiger partial charge is 0.444 e. The molecule has 3 fully saturated rings. The molecule has 0 amide bonds. The van der Waals surface area contributed by atoms with Crippen LogP contribution in [0.4, 0.5) is 13.2 Å². The molecule has 0 aromatic carbocycles. The van der Waals surface area contributed by atoms with Gasteiger partial charge in [0.25, 0.3) is 0 Å². The van der Waals surface area contributed by atoms with Gasteiger partial charge in [0, 0.05) is 28.0 Å². The number of ketones is 1. The average Bonchev–Trinajstić information content (AvgIpc) is 3.45. The lowest BCUT2D eigenvalue weighted by atomic mass is 9.44. The van der Waals surface area contributed by atoms with Gasteiger partial charge in [0.15, 0.2) is 22.7 Å². The van der Waals surface area contributed by atoms with E-state index in [1.165, 1.54) is 30.0 Å². The number of carbonyl (C=O) groups is 3. The number of halogens is 3. The Morgan fingerprint density at radius 1 is 1.30 bits per heavy atom. The Bertz CT molecular complexity index is 1210. The second-order valence-electron chi connectivity index (χ2n) is 11.0. The highest BCUT2D eigenvalue weighted by Crippen LogP contribution is 2.72. The summed E-state index contributed by atoms with van der Waals surface area (Å²) in [5, 5.41) is 12.2. The van der Waals surface area contributed by atoms with Crippen molar-refractivity contribution in [3.8, 4) is 0 Å². The molecule has 4 aliphatic rings. The molecule has 1 N–H and O–H groups in total. The van der Waals surface area contributed by atoms with Gasteiger partial charge in [-0.2, -0.15) is 0 Å². The number of alkyl halides is 3. The summed E-state index contributed by atoms with van der Waals surface area (Å²) < 4.78 is 52.4. The molecule has 5 rings (SSSR count). The Morgan fingerprint density at radius 2 is 2.03 bits per heavy atom. The first-order valence-corrected chi connectivity index (χ1v) is 14.1. The molecule has 0 aliphatic heterocycles. The molecular formula is C26H28F3NO5S2. The first-order chi connectivity index (χ1) is 17.4. The molecule has 6 nitrogen and oxygen atoms in total. The van der Waals surface area contributed by atoms with E-state index in [1.54, 1.807) is 13.8 Å². The smallest absolute Gasteiger partial charge is 0.358 e. The summed E-state index contributed by atoms with van der Waals surface area (Å²) in [6.07, 6.45) is -0.0476. The van der Waals surface area contributed by atoms with Gasteiger partial charge in [0.2, 0.25) is 5.12 Å². The number of ether oxygens (including phenoxy) is 1. The van der Waals surface area contributed by atoms with E-state index < -0.39 is 75.0 Å². The summed E-state index contributed by atoms with van der Waals surface area (Å²) in [6.45, 7) is 4.82. The third-order valence-corrected chi connectivity index (χ3v) is 10.8. The fraction of sp³-hybridized carbons (Fsp3) is 0.615. The molecule has 1 unspecified atom stereocenters. The highest BCUT2D eigenvalue weighted by atomic mass is 32.2. The number of aromatic nitrogens is 1. The molecule has 4 aliphatic carbocycles. The number of hydrogen-bond acceptors (Lipinski definition) is 8. The Balaban J connectivity index is 1.64. The molecule has 0 spiro atoms. The number of aliphatic hydroxyl groups is 1. The number of aliphatic hydroxyl groups excluding tert-OH is 1. The zero-order valence-corrected chi connectivity index (χ0v) is 22.2.